The van der Waals surface area contributed by atoms with Crippen LogP contribution in [0.2, 0.25) is 0 Å². The number of furan rings is 1. The summed E-state index contributed by atoms with van der Waals surface area (Å²) in [6.45, 7) is 1.38. The smallest absolute Gasteiger partial charge is 0.254 e. The van der Waals surface area contributed by atoms with Gasteiger partial charge in [-0.3, -0.25) is 4.79 Å². The number of nitrogens with zero attached hydrogens (tertiary/aromatic N) is 1. The van der Waals surface area contributed by atoms with Crippen molar-refractivity contribution in [3.63, 3.8) is 0 Å². The molecule has 1 aromatic carbocycles. The second-order valence-corrected chi connectivity index (χ2v) is 6.43. The lowest BCUT2D eigenvalue weighted by atomic mass is 10.1. The van der Waals surface area contributed by atoms with Gasteiger partial charge in [0.1, 0.15) is 17.4 Å². The van der Waals surface area contributed by atoms with E-state index in [4.69, 9.17) is 9.15 Å². The van der Waals surface area contributed by atoms with Crippen molar-refractivity contribution in [2.45, 2.75) is 24.8 Å². The van der Waals surface area contributed by atoms with Gasteiger partial charge in [0.05, 0.1) is 18.4 Å². The van der Waals surface area contributed by atoms with Gasteiger partial charge in [0.15, 0.2) is 0 Å². The van der Waals surface area contributed by atoms with Gasteiger partial charge in [-0.15, -0.1) is 11.8 Å². The van der Waals surface area contributed by atoms with Crippen LogP contribution >= 0.6 is 11.8 Å². The Hall–Kier alpha value is -2.57. The molecule has 6 heteroatoms. The van der Waals surface area contributed by atoms with Crippen LogP contribution in [-0.2, 0) is 24.5 Å². The zero-order valence-corrected chi connectivity index (χ0v) is 15.3. The summed E-state index contributed by atoms with van der Waals surface area (Å²) in [6.07, 6.45) is 5.23. The third-order valence-corrected chi connectivity index (χ3v) is 4.46. The maximum Gasteiger partial charge on any atom is 0.254 e. The Morgan fingerprint density at radius 3 is 2.85 bits per heavy atom. The summed E-state index contributed by atoms with van der Waals surface area (Å²) in [5, 5.41) is 3.67. The van der Waals surface area contributed by atoms with E-state index in [9.17, 15) is 4.79 Å². The first-order valence-electron chi connectivity index (χ1n) is 8.21. The van der Waals surface area contributed by atoms with Crippen LogP contribution in [-0.4, -0.2) is 17.1 Å². The predicted molar refractivity (Wildman–Crippen MR) is 101 cm³/mol. The quantitative estimate of drug-likeness (QED) is 0.608. The summed E-state index contributed by atoms with van der Waals surface area (Å²) in [4.78, 5) is 16.6. The molecule has 0 saturated carbocycles. The fourth-order valence-corrected chi connectivity index (χ4v) is 3.04. The lowest BCUT2D eigenvalue weighted by molar-refractivity contribution is 0.0928. The van der Waals surface area contributed by atoms with E-state index in [1.807, 2.05) is 42.7 Å². The molecule has 5 nitrogen and oxygen atoms in total. The molecule has 0 aliphatic carbocycles. The van der Waals surface area contributed by atoms with Crippen LogP contribution in [0.1, 0.15) is 27.2 Å². The fraction of sp³-hybridized carbons (Fsp3) is 0.200. The number of benzene rings is 1. The Labute approximate surface area is 156 Å². The monoisotopic (exact) mass is 368 g/mol. The number of nitrogens with one attached hydrogen (secondary N) is 1. The lowest BCUT2D eigenvalue weighted by Gasteiger charge is -2.09. The molecular formula is C20H20N2O3S. The molecule has 26 heavy (non-hydrogen) atoms. The lowest BCUT2D eigenvalue weighted by Crippen LogP contribution is -2.23. The van der Waals surface area contributed by atoms with Crippen LogP contribution in [0.3, 0.4) is 0 Å². The average Bonchev–Trinajstić information content (AvgIpc) is 3.20. The van der Waals surface area contributed by atoms with E-state index in [-0.39, 0.29) is 5.91 Å². The molecule has 2 heterocycles. The van der Waals surface area contributed by atoms with Gasteiger partial charge >= 0.3 is 0 Å². The third-order valence-electron chi connectivity index (χ3n) is 3.75. The number of ether oxygens (including phenoxy) is 1. The van der Waals surface area contributed by atoms with E-state index in [1.54, 1.807) is 24.6 Å². The number of amides is 1. The molecule has 3 aromatic rings. The highest BCUT2D eigenvalue weighted by atomic mass is 32.2. The maximum absolute atomic E-state index is 12.4. The molecule has 0 unspecified atom stereocenters. The first-order valence-corrected chi connectivity index (χ1v) is 9.44. The zero-order chi connectivity index (χ0) is 18.2. The number of rotatable bonds is 8. The van der Waals surface area contributed by atoms with Crippen molar-refractivity contribution in [3.05, 3.63) is 83.4 Å². The Bertz CT molecular complexity index is 850. The fourth-order valence-electron chi connectivity index (χ4n) is 2.50. The molecule has 2 aromatic heterocycles. The maximum atomic E-state index is 12.4. The number of pyridine rings is 1. The van der Waals surface area contributed by atoms with Crippen LogP contribution in [0.25, 0.3) is 0 Å². The molecule has 0 fully saturated rings. The Morgan fingerprint density at radius 2 is 2.04 bits per heavy atom. The highest BCUT2D eigenvalue weighted by Gasteiger charge is 2.11. The Morgan fingerprint density at radius 1 is 1.15 bits per heavy atom. The van der Waals surface area contributed by atoms with Crippen molar-refractivity contribution < 1.29 is 13.9 Å². The first-order chi connectivity index (χ1) is 12.8. The second-order valence-electron chi connectivity index (χ2n) is 5.64. The van der Waals surface area contributed by atoms with Crippen molar-refractivity contribution in [2.75, 3.05) is 6.26 Å². The van der Waals surface area contributed by atoms with Crippen molar-refractivity contribution in [1.82, 2.24) is 10.3 Å². The molecular weight excluding hydrogens is 348 g/mol. The largest absolute Gasteiger partial charge is 0.467 e. The molecule has 134 valence electrons. The molecule has 0 spiro atoms. The summed E-state index contributed by atoms with van der Waals surface area (Å²) >= 11 is 1.46. The summed E-state index contributed by atoms with van der Waals surface area (Å²) in [5.74, 6) is 0.677. The van der Waals surface area contributed by atoms with E-state index in [1.165, 1.54) is 11.8 Å². The second kappa shape index (κ2) is 9.22. The highest BCUT2D eigenvalue weighted by molar-refractivity contribution is 7.98. The van der Waals surface area contributed by atoms with E-state index < -0.39 is 0 Å². The summed E-state index contributed by atoms with van der Waals surface area (Å²) < 4.78 is 10.9. The first kappa shape index (κ1) is 18.2. The van der Waals surface area contributed by atoms with Crippen molar-refractivity contribution in [1.29, 1.82) is 0 Å². The number of thioether (sulfide) groups is 1. The number of hydrogen-bond donors (Lipinski definition) is 1. The van der Waals surface area contributed by atoms with E-state index in [0.717, 1.165) is 21.9 Å². The molecule has 0 radical (unpaired) electrons. The van der Waals surface area contributed by atoms with Crippen molar-refractivity contribution >= 4 is 17.7 Å². The number of hydrogen-bond acceptors (Lipinski definition) is 5. The van der Waals surface area contributed by atoms with Crippen LogP contribution in [0, 0.1) is 0 Å². The minimum Gasteiger partial charge on any atom is -0.467 e. The molecule has 0 aliphatic heterocycles. The van der Waals surface area contributed by atoms with Gasteiger partial charge < -0.3 is 14.5 Å². The van der Waals surface area contributed by atoms with Gasteiger partial charge in [-0.05, 0) is 41.6 Å². The van der Waals surface area contributed by atoms with Crippen LogP contribution in [0.5, 0.6) is 0 Å². The predicted octanol–water partition coefficient (Wildman–Crippen LogP) is 4.04. The average molecular weight is 368 g/mol. The van der Waals surface area contributed by atoms with Gasteiger partial charge in [0, 0.05) is 12.7 Å². The minimum absolute atomic E-state index is 0.123. The normalized spacial score (nSPS) is 10.7. The van der Waals surface area contributed by atoms with Crippen LogP contribution in [0.4, 0.5) is 0 Å². The molecule has 0 bridgehead atoms. The molecule has 1 N–H and O–H groups in total. The molecule has 0 aliphatic rings. The molecule has 3 rings (SSSR count). The third kappa shape index (κ3) is 4.97. The molecule has 0 saturated heterocycles. The van der Waals surface area contributed by atoms with Gasteiger partial charge in [-0.25, -0.2) is 4.98 Å². The van der Waals surface area contributed by atoms with Crippen LogP contribution < -0.4 is 5.32 Å². The number of aromatic nitrogens is 1. The topological polar surface area (TPSA) is 64.4 Å². The molecule has 0 atom stereocenters. The van der Waals surface area contributed by atoms with Gasteiger partial charge in [0.25, 0.3) is 5.91 Å². The van der Waals surface area contributed by atoms with Crippen LogP contribution in [0.15, 0.2) is 70.4 Å². The number of carbonyl (C=O) groups excluding carboxylic acids is 1. The van der Waals surface area contributed by atoms with E-state index >= 15 is 0 Å². The standard InChI is InChI=1S/C20H20N2O3S/c1-26-20-18(8-3-9-21-20)19(23)22-12-15-5-2-6-16(11-15)13-24-14-17-7-4-10-25-17/h2-11H,12-14H2,1H3,(H,22,23). The van der Waals surface area contributed by atoms with Gasteiger partial charge in [-0.2, -0.15) is 0 Å². The summed E-state index contributed by atoms with van der Waals surface area (Å²) in [5.41, 5.74) is 2.67. The Balaban J connectivity index is 1.54. The minimum atomic E-state index is -0.123. The highest BCUT2D eigenvalue weighted by Crippen LogP contribution is 2.17. The summed E-state index contributed by atoms with van der Waals surface area (Å²) in [6, 6.07) is 15.2. The molecule has 1 amide bonds. The summed E-state index contributed by atoms with van der Waals surface area (Å²) in [7, 11) is 0. The van der Waals surface area contributed by atoms with Gasteiger partial charge in [-0.1, -0.05) is 24.3 Å². The Kier molecular flexibility index (Phi) is 6.46. The SMILES string of the molecule is CSc1ncccc1C(=O)NCc1cccc(COCc2ccco2)c1. The number of carbonyl (C=O) groups is 1. The van der Waals surface area contributed by atoms with Gasteiger partial charge in [0.2, 0.25) is 0 Å². The van der Waals surface area contributed by atoms with Crippen molar-refractivity contribution in [3.8, 4) is 0 Å². The zero-order valence-electron chi connectivity index (χ0n) is 14.5. The van der Waals surface area contributed by atoms with E-state index in [0.29, 0.717) is 25.3 Å². The van der Waals surface area contributed by atoms with Crippen molar-refractivity contribution in [2.24, 2.45) is 0 Å². The van der Waals surface area contributed by atoms with E-state index in [2.05, 4.69) is 10.3 Å².